The lowest BCUT2D eigenvalue weighted by atomic mass is 9.88. The van der Waals surface area contributed by atoms with Crippen molar-refractivity contribution in [3.63, 3.8) is 0 Å². The first kappa shape index (κ1) is 23.4. The number of rotatable bonds is 5. The molecule has 0 atom stereocenters. The van der Waals surface area contributed by atoms with Gasteiger partial charge in [0.05, 0.1) is 18.7 Å². The number of likely N-dealkylation sites (tertiary alicyclic amines) is 1. The molecule has 0 aromatic heterocycles. The predicted molar refractivity (Wildman–Crippen MR) is 118 cm³/mol. The van der Waals surface area contributed by atoms with E-state index in [1.165, 1.54) is 6.07 Å². The van der Waals surface area contributed by atoms with Crippen LogP contribution < -0.4 is 9.47 Å². The van der Waals surface area contributed by atoms with Crippen LogP contribution in [0.4, 0.5) is 9.18 Å². The Labute approximate surface area is 188 Å². The monoisotopic (exact) mass is 440 g/mol. The van der Waals surface area contributed by atoms with Crippen molar-refractivity contribution < 1.29 is 23.4 Å². The van der Waals surface area contributed by atoms with Crippen molar-refractivity contribution >= 4 is 6.09 Å². The highest BCUT2D eigenvalue weighted by Crippen LogP contribution is 2.40. The van der Waals surface area contributed by atoms with E-state index in [-0.39, 0.29) is 24.2 Å². The number of carbonyl (C=O) groups excluding carboxylic acids is 1. The molecule has 3 rings (SSSR count). The molecule has 0 radical (unpaired) electrons. The molecule has 1 aliphatic rings. The highest BCUT2D eigenvalue weighted by molar-refractivity contribution is 5.68. The van der Waals surface area contributed by atoms with Crippen LogP contribution in [-0.4, -0.2) is 36.8 Å². The number of para-hydroxylation sites is 1. The molecule has 0 saturated carbocycles. The molecule has 2 aromatic rings. The Morgan fingerprint density at radius 2 is 1.94 bits per heavy atom. The van der Waals surface area contributed by atoms with E-state index < -0.39 is 11.4 Å². The van der Waals surface area contributed by atoms with E-state index in [0.717, 1.165) is 18.4 Å². The maximum Gasteiger partial charge on any atom is 0.410 e. The maximum atomic E-state index is 14.2. The Hall–Kier alpha value is -3.27. The van der Waals surface area contributed by atoms with Crippen molar-refractivity contribution in [3.8, 4) is 17.6 Å². The van der Waals surface area contributed by atoms with Crippen LogP contribution in [0.1, 0.15) is 56.2 Å². The quantitative estimate of drug-likeness (QED) is 0.623. The summed E-state index contributed by atoms with van der Waals surface area (Å²) < 4.78 is 31.2. The molecule has 6 nitrogen and oxygen atoms in total. The molecule has 0 spiro atoms. The molecule has 0 aliphatic carbocycles. The summed E-state index contributed by atoms with van der Waals surface area (Å²) in [5.41, 5.74) is 1.12. The predicted octanol–water partition coefficient (Wildman–Crippen LogP) is 5.40. The third kappa shape index (κ3) is 5.70. The zero-order valence-corrected chi connectivity index (χ0v) is 19.0. The summed E-state index contributed by atoms with van der Waals surface area (Å²) in [4.78, 5) is 14.1. The Balaban J connectivity index is 1.68. The zero-order chi connectivity index (χ0) is 23.3. The first-order valence-electron chi connectivity index (χ1n) is 10.7. The number of benzene rings is 2. The molecule has 1 heterocycles. The number of hydrogen-bond donors (Lipinski definition) is 0. The summed E-state index contributed by atoms with van der Waals surface area (Å²) in [6.45, 7) is 6.80. The van der Waals surface area contributed by atoms with Crippen LogP contribution in [-0.2, 0) is 11.3 Å². The van der Waals surface area contributed by atoms with Gasteiger partial charge in [0.15, 0.2) is 11.5 Å². The SMILES string of the molecule is COc1c(OCc2ccc(C#N)cc2F)cccc1C1CCN(C(=O)OC(C)(C)C)CC1. The van der Waals surface area contributed by atoms with Gasteiger partial charge in [0.25, 0.3) is 0 Å². The van der Waals surface area contributed by atoms with Crippen molar-refractivity contribution in [1.29, 1.82) is 5.26 Å². The number of nitrogens with zero attached hydrogens (tertiary/aromatic N) is 2. The van der Waals surface area contributed by atoms with E-state index in [1.807, 2.05) is 39.0 Å². The molecule has 1 saturated heterocycles. The van der Waals surface area contributed by atoms with Gasteiger partial charge in [-0.3, -0.25) is 0 Å². The lowest BCUT2D eigenvalue weighted by molar-refractivity contribution is 0.0204. The minimum atomic E-state index is -0.517. The molecule has 1 amide bonds. The Morgan fingerprint density at radius 3 is 2.53 bits per heavy atom. The van der Waals surface area contributed by atoms with E-state index in [4.69, 9.17) is 19.5 Å². The van der Waals surface area contributed by atoms with E-state index in [2.05, 4.69) is 0 Å². The normalized spacial score (nSPS) is 14.6. The minimum Gasteiger partial charge on any atom is -0.493 e. The van der Waals surface area contributed by atoms with Crippen molar-refractivity contribution in [2.45, 2.75) is 51.7 Å². The Kier molecular flexibility index (Phi) is 7.24. The molecule has 2 aromatic carbocycles. The summed E-state index contributed by atoms with van der Waals surface area (Å²) >= 11 is 0. The molecule has 7 heteroatoms. The van der Waals surface area contributed by atoms with Gasteiger partial charge in [0.1, 0.15) is 18.0 Å². The standard InChI is InChI=1S/C25H29FN2O4/c1-25(2,3)32-24(29)28-12-10-18(11-13-28)20-6-5-7-22(23(20)30-4)31-16-19-9-8-17(15-27)14-21(19)26/h5-9,14,18H,10-13,16H2,1-4H3. The molecule has 1 aliphatic heterocycles. The van der Waals surface area contributed by atoms with Crippen molar-refractivity contribution in [2.75, 3.05) is 20.2 Å². The van der Waals surface area contributed by atoms with Gasteiger partial charge in [-0.15, -0.1) is 0 Å². The van der Waals surface area contributed by atoms with Crippen LogP contribution in [0.5, 0.6) is 11.5 Å². The highest BCUT2D eigenvalue weighted by Gasteiger charge is 2.29. The van der Waals surface area contributed by atoms with Crippen LogP contribution in [0.3, 0.4) is 0 Å². The van der Waals surface area contributed by atoms with Gasteiger partial charge in [-0.25, -0.2) is 9.18 Å². The number of piperidine rings is 1. The average molecular weight is 441 g/mol. The molecule has 0 N–H and O–H groups in total. The molecular formula is C25H29FN2O4. The highest BCUT2D eigenvalue weighted by atomic mass is 19.1. The number of ether oxygens (including phenoxy) is 3. The Morgan fingerprint density at radius 1 is 1.22 bits per heavy atom. The number of amides is 1. The summed E-state index contributed by atoms with van der Waals surface area (Å²) in [7, 11) is 1.59. The molecule has 32 heavy (non-hydrogen) atoms. The van der Waals surface area contributed by atoms with Gasteiger partial charge < -0.3 is 19.1 Å². The third-order valence-corrected chi connectivity index (χ3v) is 5.37. The second-order valence-corrected chi connectivity index (χ2v) is 8.83. The number of carbonyl (C=O) groups is 1. The number of nitriles is 1. The van der Waals surface area contributed by atoms with Crippen LogP contribution in [0, 0.1) is 17.1 Å². The number of methoxy groups -OCH3 is 1. The number of hydrogen-bond acceptors (Lipinski definition) is 5. The van der Waals surface area contributed by atoms with Crippen molar-refractivity contribution in [3.05, 3.63) is 58.9 Å². The van der Waals surface area contributed by atoms with Gasteiger partial charge in [-0.05, 0) is 57.7 Å². The van der Waals surface area contributed by atoms with E-state index in [9.17, 15) is 9.18 Å². The van der Waals surface area contributed by atoms with E-state index in [1.54, 1.807) is 30.2 Å². The summed E-state index contributed by atoms with van der Waals surface area (Å²) in [6, 6.07) is 11.9. The fourth-order valence-electron chi connectivity index (χ4n) is 3.78. The fraction of sp³-hybridized carbons (Fsp3) is 0.440. The van der Waals surface area contributed by atoms with Gasteiger partial charge in [-0.1, -0.05) is 18.2 Å². The average Bonchev–Trinajstić information content (AvgIpc) is 2.76. The van der Waals surface area contributed by atoms with E-state index in [0.29, 0.717) is 30.2 Å². The zero-order valence-electron chi connectivity index (χ0n) is 19.0. The smallest absolute Gasteiger partial charge is 0.410 e. The molecule has 0 unspecified atom stereocenters. The second-order valence-electron chi connectivity index (χ2n) is 8.83. The van der Waals surface area contributed by atoms with Gasteiger partial charge in [-0.2, -0.15) is 5.26 Å². The minimum absolute atomic E-state index is 0.0223. The summed E-state index contributed by atoms with van der Waals surface area (Å²) in [5, 5.41) is 8.89. The Bertz CT molecular complexity index is 1000. The van der Waals surface area contributed by atoms with Crippen molar-refractivity contribution in [2.24, 2.45) is 0 Å². The molecule has 1 fully saturated rings. The lowest BCUT2D eigenvalue weighted by Gasteiger charge is -2.34. The largest absolute Gasteiger partial charge is 0.493 e. The molecule has 0 bridgehead atoms. The van der Waals surface area contributed by atoms with Crippen LogP contribution in [0.25, 0.3) is 0 Å². The van der Waals surface area contributed by atoms with Crippen molar-refractivity contribution in [1.82, 2.24) is 4.90 Å². The van der Waals surface area contributed by atoms with E-state index >= 15 is 0 Å². The lowest BCUT2D eigenvalue weighted by Crippen LogP contribution is -2.41. The fourth-order valence-corrected chi connectivity index (χ4v) is 3.78. The maximum absolute atomic E-state index is 14.2. The summed E-state index contributed by atoms with van der Waals surface area (Å²) in [6.07, 6.45) is 1.27. The first-order valence-corrected chi connectivity index (χ1v) is 10.7. The van der Waals surface area contributed by atoms with Crippen LogP contribution in [0.15, 0.2) is 36.4 Å². The molecular weight excluding hydrogens is 411 g/mol. The summed E-state index contributed by atoms with van der Waals surface area (Å²) in [5.74, 6) is 0.883. The second kappa shape index (κ2) is 9.90. The van der Waals surface area contributed by atoms with Gasteiger partial charge in [0, 0.05) is 24.2 Å². The number of halogens is 1. The topological polar surface area (TPSA) is 71.8 Å². The van der Waals surface area contributed by atoms with Gasteiger partial charge in [0.2, 0.25) is 0 Å². The van der Waals surface area contributed by atoms with Gasteiger partial charge >= 0.3 is 6.09 Å². The van der Waals surface area contributed by atoms with Crippen LogP contribution in [0.2, 0.25) is 0 Å². The van der Waals surface area contributed by atoms with Crippen LogP contribution >= 0.6 is 0 Å². The first-order chi connectivity index (χ1) is 15.2. The molecule has 170 valence electrons. The third-order valence-electron chi connectivity index (χ3n) is 5.37.